The molecule has 1 heterocycles. The smallest absolute Gasteiger partial charge is 0.223 e. The molecule has 1 aliphatic carbocycles. The zero-order valence-corrected chi connectivity index (χ0v) is 5.79. The molecule has 0 atom stereocenters. The van der Waals surface area contributed by atoms with Crippen molar-refractivity contribution >= 4 is 0 Å². The first kappa shape index (κ1) is 5.85. The number of aromatic nitrogens is 2. The maximum absolute atomic E-state index is 5.80. The zero-order chi connectivity index (χ0) is 7.19. The lowest BCUT2D eigenvalue weighted by molar-refractivity contribution is 0.382. The summed E-state index contributed by atoms with van der Waals surface area (Å²) in [5.41, 5.74) is 5.54. The summed E-state index contributed by atoms with van der Waals surface area (Å²) in [7, 11) is 0. The first-order valence-electron chi connectivity index (χ1n) is 3.30. The number of nitrogens with zero attached hydrogens (tertiary/aromatic N) is 2. The molecule has 1 aromatic heterocycles. The molecule has 1 fully saturated rings. The lowest BCUT2D eigenvalue weighted by Gasteiger charge is -1.97. The second kappa shape index (κ2) is 1.58. The van der Waals surface area contributed by atoms with Crippen molar-refractivity contribution in [2.24, 2.45) is 5.73 Å². The van der Waals surface area contributed by atoms with Gasteiger partial charge in [-0.05, 0) is 12.8 Å². The summed E-state index contributed by atoms with van der Waals surface area (Å²) < 4.78 is 4.79. The Bertz CT molecular complexity index is 251. The topological polar surface area (TPSA) is 64.9 Å². The van der Waals surface area contributed by atoms with Gasteiger partial charge in [-0.2, -0.15) is 4.98 Å². The van der Waals surface area contributed by atoms with Crippen molar-refractivity contribution in [1.82, 2.24) is 10.1 Å². The van der Waals surface area contributed by atoms with E-state index in [1.54, 1.807) is 6.92 Å². The average molecular weight is 139 g/mol. The van der Waals surface area contributed by atoms with Gasteiger partial charge in [-0.25, -0.2) is 0 Å². The highest BCUT2D eigenvalue weighted by Gasteiger charge is 2.44. The standard InChI is InChI=1S/C6H9N3O/c1-4-8-5(9-10-4)6(7)2-3-6/h2-3,7H2,1H3. The number of aryl methyl sites for hydroxylation is 1. The molecular weight excluding hydrogens is 130 g/mol. The van der Waals surface area contributed by atoms with Crippen molar-refractivity contribution in [3.63, 3.8) is 0 Å². The molecule has 2 rings (SSSR count). The molecule has 1 aliphatic rings. The molecule has 0 saturated heterocycles. The van der Waals surface area contributed by atoms with E-state index in [2.05, 4.69) is 10.1 Å². The molecule has 0 unspecified atom stereocenters. The lowest BCUT2D eigenvalue weighted by atomic mass is 10.3. The minimum absolute atomic E-state index is 0.252. The normalized spacial score (nSPS) is 21.0. The van der Waals surface area contributed by atoms with Gasteiger partial charge in [0.15, 0.2) is 5.82 Å². The van der Waals surface area contributed by atoms with Gasteiger partial charge in [0.05, 0.1) is 5.54 Å². The number of hydrogen-bond acceptors (Lipinski definition) is 4. The van der Waals surface area contributed by atoms with E-state index in [1.165, 1.54) is 0 Å². The molecule has 1 saturated carbocycles. The summed E-state index contributed by atoms with van der Waals surface area (Å²) >= 11 is 0. The maximum atomic E-state index is 5.80. The summed E-state index contributed by atoms with van der Waals surface area (Å²) in [5, 5.41) is 3.74. The number of nitrogens with two attached hydrogens (primary N) is 1. The van der Waals surface area contributed by atoms with Crippen LogP contribution in [-0.2, 0) is 5.54 Å². The fraction of sp³-hybridized carbons (Fsp3) is 0.667. The third-order valence-corrected chi connectivity index (χ3v) is 1.76. The van der Waals surface area contributed by atoms with Gasteiger partial charge in [0, 0.05) is 6.92 Å². The van der Waals surface area contributed by atoms with Crippen LogP contribution >= 0.6 is 0 Å². The summed E-state index contributed by atoms with van der Waals surface area (Å²) in [6, 6.07) is 0. The van der Waals surface area contributed by atoms with E-state index in [4.69, 9.17) is 10.3 Å². The van der Waals surface area contributed by atoms with Gasteiger partial charge in [0.1, 0.15) is 0 Å². The van der Waals surface area contributed by atoms with Gasteiger partial charge in [-0.1, -0.05) is 5.16 Å². The first-order chi connectivity index (χ1) is 4.71. The molecule has 0 spiro atoms. The van der Waals surface area contributed by atoms with E-state index in [0.717, 1.165) is 12.8 Å². The fourth-order valence-electron chi connectivity index (χ4n) is 0.860. The van der Waals surface area contributed by atoms with Crippen LogP contribution in [0, 0.1) is 6.92 Å². The van der Waals surface area contributed by atoms with E-state index >= 15 is 0 Å². The van der Waals surface area contributed by atoms with Crippen LogP contribution in [0.1, 0.15) is 24.6 Å². The molecular formula is C6H9N3O. The monoisotopic (exact) mass is 139 g/mol. The second-order valence-electron chi connectivity index (χ2n) is 2.79. The number of rotatable bonds is 1. The van der Waals surface area contributed by atoms with Crippen LogP contribution in [0.4, 0.5) is 0 Å². The zero-order valence-electron chi connectivity index (χ0n) is 5.79. The Kier molecular flexibility index (Phi) is 0.922. The fourth-order valence-corrected chi connectivity index (χ4v) is 0.860. The average Bonchev–Trinajstić information content (AvgIpc) is 2.45. The van der Waals surface area contributed by atoms with E-state index in [0.29, 0.717) is 11.7 Å². The molecule has 1 aromatic rings. The van der Waals surface area contributed by atoms with Crippen LogP contribution in [0.25, 0.3) is 0 Å². The van der Waals surface area contributed by atoms with Gasteiger partial charge in [-0.15, -0.1) is 0 Å². The van der Waals surface area contributed by atoms with Gasteiger partial charge in [-0.3, -0.25) is 0 Å². The summed E-state index contributed by atoms with van der Waals surface area (Å²) in [6.45, 7) is 1.77. The minimum Gasteiger partial charge on any atom is -0.340 e. The third-order valence-electron chi connectivity index (χ3n) is 1.76. The van der Waals surface area contributed by atoms with E-state index in [-0.39, 0.29) is 5.54 Å². The third kappa shape index (κ3) is 0.724. The summed E-state index contributed by atoms with van der Waals surface area (Å²) in [4.78, 5) is 4.04. The van der Waals surface area contributed by atoms with Crippen LogP contribution in [0.15, 0.2) is 4.52 Å². The molecule has 0 aromatic carbocycles. The number of hydrogen-bond donors (Lipinski definition) is 1. The van der Waals surface area contributed by atoms with Crippen molar-refractivity contribution in [3.05, 3.63) is 11.7 Å². The second-order valence-corrected chi connectivity index (χ2v) is 2.79. The van der Waals surface area contributed by atoms with Crippen LogP contribution in [0.5, 0.6) is 0 Å². The molecule has 54 valence electrons. The Hall–Kier alpha value is -0.900. The Balaban J connectivity index is 2.34. The predicted molar refractivity (Wildman–Crippen MR) is 34.1 cm³/mol. The largest absolute Gasteiger partial charge is 0.340 e. The van der Waals surface area contributed by atoms with E-state index in [1.807, 2.05) is 0 Å². The Labute approximate surface area is 58.4 Å². The van der Waals surface area contributed by atoms with Crippen molar-refractivity contribution in [2.75, 3.05) is 0 Å². The Morgan fingerprint density at radius 3 is 2.70 bits per heavy atom. The molecule has 2 N–H and O–H groups in total. The highest BCUT2D eigenvalue weighted by molar-refractivity contribution is 5.12. The lowest BCUT2D eigenvalue weighted by Crippen LogP contribution is -2.20. The van der Waals surface area contributed by atoms with Gasteiger partial charge in [0.2, 0.25) is 5.89 Å². The van der Waals surface area contributed by atoms with E-state index in [9.17, 15) is 0 Å². The Morgan fingerprint density at radius 2 is 2.30 bits per heavy atom. The van der Waals surface area contributed by atoms with Gasteiger partial charge < -0.3 is 10.3 Å². The van der Waals surface area contributed by atoms with Crippen LogP contribution in [0.3, 0.4) is 0 Å². The van der Waals surface area contributed by atoms with Crippen molar-refractivity contribution in [1.29, 1.82) is 0 Å². The highest BCUT2D eigenvalue weighted by atomic mass is 16.5. The molecule has 0 radical (unpaired) electrons. The maximum Gasteiger partial charge on any atom is 0.223 e. The molecule has 0 bridgehead atoms. The SMILES string of the molecule is Cc1nc(C2(N)CC2)no1. The molecule has 0 aliphatic heterocycles. The van der Waals surface area contributed by atoms with Gasteiger partial charge in [0.25, 0.3) is 0 Å². The first-order valence-corrected chi connectivity index (χ1v) is 3.30. The highest BCUT2D eigenvalue weighted by Crippen LogP contribution is 2.40. The predicted octanol–water partition coefficient (Wildman–Crippen LogP) is 0.326. The van der Waals surface area contributed by atoms with Gasteiger partial charge >= 0.3 is 0 Å². The summed E-state index contributed by atoms with van der Waals surface area (Å²) in [6.07, 6.45) is 1.96. The minimum atomic E-state index is -0.252. The van der Waals surface area contributed by atoms with Crippen molar-refractivity contribution in [2.45, 2.75) is 25.3 Å². The Morgan fingerprint density at radius 1 is 1.60 bits per heavy atom. The van der Waals surface area contributed by atoms with Crippen LogP contribution in [0.2, 0.25) is 0 Å². The molecule has 4 heteroatoms. The van der Waals surface area contributed by atoms with Crippen molar-refractivity contribution < 1.29 is 4.52 Å². The molecule has 0 amide bonds. The molecule has 10 heavy (non-hydrogen) atoms. The summed E-state index contributed by atoms with van der Waals surface area (Å²) in [5.74, 6) is 1.25. The van der Waals surface area contributed by atoms with Crippen molar-refractivity contribution in [3.8, 4) is 0 Å². The van der Waals surface area contributed by atoms with Crippen LogP contribution in [-0.4, -0.2) is 10.1 Å². The molecule has 4 nitrogen and oxygen atoms in total. The van der Waals surface area contributed by atoms with Crippen LogP contribution < -0.4 is 5.73 Å². The quantitative estimate of drug-likeness (QED) is 0.608. The van der Waals surface area contributed by atoms with E-state index < -0.39 is 0 Å².